The van der Waals surface area contributed by atoms with E-state index < -0.39 is 0 Å². The molecule has 9 heteroatoms. The highest BCUT2D eigenvalue weighted by atomic mass is 16.5. The Hall–Kier alpha value is -2.75. The zero-order valence-corrected chi connectivity index (χ0v) is 19.5. The normalized spacial score (nSPS) is 16.5. The third-order valence-corrected chi connectivity index (χ3v) is 6.26. The van der Waals surface area contributed by atoms with E-state index in [2.05, 4.69) is 46.1 Å². The fraction of sp³-hybridized carbons (Fsp3) is 0.542. The van der Waals surface area contributed by atoms with Gasteiger partial charge in [0.15, 0.2) is 0 Å². The number of benzene rings is 1. The van der Waals surface area contributed by atoms with E-state index in [1.165, 1.54) is 5.56 Å². The van der Waals surface area contributed by atoms with Crippen molar-refractivity contribution in [2.45, 2.75) is 45.3 Å². The van der Waals surface area contributed by atoms with Crippen LogP contribution in [0.1, 0.15) is 36.5 Å². The molecule has 9 nitrogen and oxygen atoms in total. The van der Waals surface area contributed by atoms with Crippen molar-refractivity contribution in [3.05, 3.63) is 41.0 Å². The summed E-state index contributed by atoms with van der Waals surface area (Å²) < 4.78 is 16.0. The number of aromatic nitrogens is 2. The van der Waals surface area contributed by atoms with Crippen molar-refractivity contribution in [3.63, 3.8) is 0 Å². The Bertz CT molecular complexity index is 947. The monoisotopic (exact) mass is 455 g/mol. The van der Waals surface area contributed by atoms with Crippen molar-refractivity contribution in [1.82, 2.24) is 14.9 Å². The van der Waals surface area contributed by atoms with Crippen LogP contribution in [0, 0.1) is 0 Å². The van der Waals surface area contributed by atoms with Gasteiger partial charge in [-0.3, -0.25) is 14.6 Å². The van der Waals surface area contributed by atoms with Crippen molar-refractivity contribution in [3.8, 4) is 6.01 Å². The van der Waals surface area contributed by atoms with Gasteiger partial charge < -0.3 is 19.9 Å². The van der Waals surface area contributed by atoms with E-state index in [4.69, 9.17) is 19.9 Å². The van der Waals surface area contributed by atoms with Crippen molar-refractivity contribution in [1.29, 1.82) is 0 Å². The predicted molar refractivity (Wildman–Crippen MR) is 125 cm³/mol. The summed E-state index contributed by atoms with van der Waals surface area (Å²) in [6.07, 6.45) is 2.38. The highest BCUT2D eigenvalue weighted by molar-refractivity contribution is 6.01. The van der Waals surface area contributed by atoms with Gasteiger partial charge in [0, 0.05) is 38.5 Å². The van der Waals surface area contributed by atoms with Crippen molar-refractivity contribution in [2.24, 2.45) is 0 Å². The summed E-state index contributed by atoms with van der Waals surface area (Å²) >= 11 is 0. The number of carbonyl (C=O) groups excluding carboxylic acids is 1. The highest BCUT2D eigenvalue weighted by Gasteiger charge is 2.32. The lowest BCUT2D eigenvalue weighted by atomic mass is 10.1. The molecule has 1 aromatic carbocycles. The highest BCUT2D eigenvalue weighted by Crippen LogP contribution is 2.33. The summed E-state index contributed by atoms with van der Waals surface area (Å²) in [6, 6.07) is 9.19. The Morgan fingerprint density at radius 1 is 1.15 bits per heavy atom. The number of amides is 1. The molecule has 0 unspecified atom stereocenters. The summed E-state index contributed by atoms with van der Waals surface area (Å²) in [5.41, 5.74) is 9.04. The van der Waals surface area contributed by atoms with E-state index in [0.29, 0.717) is 37.2 Å². The average Bonchev–Trinajstić information content (AvgIpc) is 3.15. The van der Waals surface area contributed by atoms with Crippen LogP contribution in [0.5, 0.6) is 6.01 Å². The fourth-order valence-electron chi connectivity index (χ4n) is 4.39. The molecule has 1 saturated heterocycles. The largest absolute Gasteiger partial charge is 0.461 e. The summed E-state index contributed by atoms with van der Waals surface area (Å²) in [7, 11) is 1.59. The molecular weight excluding hydrogens is 422 g/mol. The van der Waals surface area contributed by atoms with Gasteiger partial charge in [-0.15, -0.1) is 0 Å². The first-order valence-electron chi connectivity index (χ1n) is 11.6. The molecule has 2 aliphatic heterocycles. The first-order chi connectivity index (χ1) is 16.1. The average molecular weight is 456 g/mol. The van der Waals surface area contributed by atoms with Gasteiger partial charge in [-0.25, -0.2) is 0 Å². The second-order valence-corrected chi connectivity index (χ2v) is 8.41. The number of hydrogen-bond donors (Lipinski definition) is 1. The van der Waals surface area contributed by atoms with Gasteiger partial charge in [-0.2, -0.15) is 9.97 Å². The summed E-state index contributed by atoms with van der Waals surface area (Å²) in [4.78, 5) is 25.5. The molecule has 0 spiro atoms. The fourth-order valence-corrected chi connectivity index (χ4v) is 4.39. The van der Waals surface area contributed by atoms with Crippen molar-refractivity contribution < 1.29 is 19.0 Å². The predicted octanol–water partition coefficient (Wildman–Crippen LogP) is 2.17. The maximum absolute atomic E-state index is 12.7. The molecular formula is C24H33N5O4. The molecule has 1 fully saturated rings. The van der Waals surface area contributed by atoms with Crippen LogP contribution >= 0.6 is 0 Å². The Morgan fingerprint density at radius 2 is 1.88 bits per heavy atom. The van der Waals surface area contributed by atoms with E-state index in [9.17, 15) is 4.79 Å². The third-order valence-electron chi connectivity index (χ3n) is 6.26. The number of nitrogens with zero attached hydrogens (tertiary/aromatic N) is 4. The lowest BCUT2D eigenvalue weighted by Crippen LogP contribution is -2.38. The topological polar surface area (TPSA) is 103 Å². The van der Waals surface area contributed by atoms with Crippen LogP contribution in [0.3, 0.4) is 0 Å². The third kappa shape index (κ3) is 5.61. The molecule has 0 aliphatic carbocycles. The van der Waals surface area contributed by atoms with Crippen molar-refractivity contribution in [2.75, 3.05) is 50.7 Å². The second kappa shape index (κ2) is 10.9. The molecule has 0 saturated carbocycles. The van der Waals surface area contributed by atoms with Crippen LogP contribution in [0.15, 0.2) is 24.3 Å². The minimum absolute atomic E-state index is 0.0409. The molecule has 2 aliphatic rings. The quantitative estimate of drug-likeness (QED) is 0.544. The van der Waals surface area contributed by atoms with Crippen LogP contribution < -0.4 is 15.4 Å². The number of hydrogen-bond acceptors (Lipinski definition) is 8. The number of carbonyl (C=O) groups is 1. The van der Waals surface area contributed by atoms with Gasteiger partial charge in [0.2, 0.25) is 5.91 Å². The van der Waals surface area contributed by atoms with Crippen LogP contribution in [-0.2, 0) is 33.8 Å². The first-order valence-corrected chi connectivity index (χ1v) is 11.6. The van der Waals surface area contributed by atoms with Crippen molar-refractivity contribution >= 4 is 17.5 Å². The number of methoxy groups -OCH3 is 1. The molecule has 3 heterocycles. The minimum atomic E-state index is -0.0409. The Kier molecular flexibility index (Phi) is 7.74. The first kappa shape index (κ1) is 23.4. The van der Waals surface area contributed by atoms with E-state index in [0.717, 1.165) is 44.7 Å². The van der Waals surface area contributed by atoms with Crippen LogP contribution in [0.4, 0.5) is 11.6 Å². The molecule has 0 atom stereocenters. The maximum Gasteiger partial charge on any atom is 0.320 e. The summed E-state index contributed by atoms with van der Waals surface area (Å²) in [6.45, 7) is 6.99. The van der Waals surface area contributed by atoms with Crippen LogP contribution in [0.25, 0.3) is 0 Å². The van der Waals surface area contributed by atoms with E-state index in [-0.39, 0.29) is 24.2 Å². The number of fused-ring (bicyclic) bond motifs is 1. The minimum Gasteiger partial charge on any atom is -0.461 e. The Balaban J connectivity index is 1.43. The van der Waals surface area contributed by atoms with E-state index in [1.54, 1.807) is 12.0 Å². The Morgan fingerprint density at radius 3 is 2.58 bits per heavy atom. The summed E-state index contributed by atoms with van der Waals surface area (Å²) in [5, 5.41) is 0. The number of nitrogen functional groups attached to an aromatic ring is 1. The molecule has 33 heavy (non-hydrogen) atoms. The number of nitrogens with two attached hydrogens (primary N) is 1. The van der Waals surface area contributed by atoms with Crippen LogP contribution in [0.2, 0.25) is 0 Å². The van der Waals surface area contributed by atoms with E-state index in [1.807, 2.05) is 0 Å². The number of ether oxygens (including phenoxy) is 3. The SMILES string of the molecule is CCN(Cc1ccc(CN2C(=O)Cc3c(N)nc(OCCOC)nc32)cc1)C1CCOCC1. The van der Waals surface area contributed by atoms with Gasteiger partial charge in [0.1, 0.15) is 18.2 Å². The molecule has 178 valence electrons. The number of rotatable bonds is 10. The van der Waals surface area contributed by atoms with Gasteiger partial charge >= 0.3 is 6.01 Å². The second-order valence-electron chi connectivity index (χ2n) is 8.41. The summed E-state index contributed by atoms with van der Waals surface area (Å²) in [5.74, 6) is 0.771. The lowest BCUT2D eigenvalue weighted by molar-refractivity contribution is -0.117. The standard InChI is InChI=1S/C24H33N5O4/c1-3-28(19-8-10-32-11-9-19)15-17-4-6-18(7-5-17)16-29-21(30)14-20-22(25)26-24(27-23(20)29)33-13-12-31-2/h4-7,19H,3,8-16H2,1-2H3,(H2,25,26,27). The maximum atomic E-state index is 12.7. The molecule has 2 aromatic rings. The zero-order valence-electron chi connectivity index (χ0n) is 19.5. The van der Waals surface area contributed by atoms with Gasteiger partial charge in [-0.05, 0) is 30.5 Å². The van der Waals surface area contributed by atoms with Gasteiger partial charge in [-0.1, -0.05) is 31.2 Å². The lowest BCUT2D eigenvalue weighted by Gasteiger charge is -2.33. The molecule has 4 rings (SSSR count). The molecule has 1 amide bonds. The smallest absolute Gasteiger partial charge is 0.320 e. The number of anilines is 2. The Labute approximate surface area is 194 Å². The van der Waals surface area contributed by atoms with Gasteiger partial charge in [0.05, 0.1) is 19.6 Å². The molecule has 1 aromatic heterocycles. The van der Waals surface area contributed by atoms with Gasteiger partial charge in [0.25, 0.3) is 0 Å². The molecule has 0 radical (unpaired) electrons. The molecule has 2 N–H and O–H groups in total. The zero-order chi connectivity index (χ0) is 23.2. The van der Waals surface area contributed by atoms with E-state index >= 15 is 0 Å². The molecule has 0 bridgehead atoms. The van der Waals surface area contributed by atoms with Crippen LogP contribution in [-0.4, -0.2) is 66.9 Å².